The molecule has 1 atom stereocenters. The van der Waals surface area contributed by atoms with E-state index in [1.165, 1.54) is 0 Å². The number of benzene rings is 1. The first-order chi connectivity index (χ1) is 15.7. The summed E-state index contributed by atoms with van der Waals surface area (Å²) in [5.74, 6) is 2.29. The summed E-state index contributed by atoms with van der Waals surface area (Å²) in [7, 11) is 0. The summed E-state index contributed by atoms with van der Waals surface area (Å²) in [4.78, 5) is 14.6. The fraction of sp³-hybridized carbons (Fsp3) is 0.435. The van der Waals surface area contributed by atoms with Gasteiger partial charge in [-0.2, -0.15) is 8.75 Å². The van der Waals surface area contributed by atoms with E-state index in [4.69, 9.17) is 9.15 Å². The minimum atomic E-state index is -0.227. The number of carbonyl (C=O) groups is 1. The average Bonchev–Trinajstić information content (AvgIpc) is 3.41. The van der Waals surface area contributed by atoms with E-state index in [0.29, 0.717) is 43.6 Å². The highest BCUT2D eigenvalue weighted by Crippen LogP contribution is 2.39. The zero-order valence-corrected chi connectivity index (χ0v) is 20.0. The van der Waals surface area contributed by atoms with Crippen molar-refractivity contribution in [2.45, 2.75) is 33.7 Å². The van der Waals surface area contributed by atoms with Crippen molar-refractivity contribution >= 4 is 35.0 Å². The summed E-state index contributed by atoms with van der Waals surface area (Å²) < 4.78 is 20.0. The molecule has 0 saturated carbocycles. The lowest BCUT2D eigenvalue weighted by Crippen LogP contribution is -2.40. The second-order valence-electron chi connectivity index (χ2n) is 9.08. The zero-order valence-electron chi connectivity index (χ0n) is 19.2. The number of phenols is 1. The van der Waals surface area contributed by atoms with Crippen LogP contribution in [-0.4, -0.2) is 51.0 Å². The highest BCUT2D eigenvalue weighted by Gasteiger charge is 2.31. The van der Waals surface area contributed by atoms with Crippen molar-refractivity contribution in [3.8, 4) is 5.75 Å². The van der Waals surface area contributed by atoms with E-state index in [9.17, 15) is 9.90 Å². The normalized spacial score (nSPS) is 15.3. The van der Waals surface area contributed by atoms with Gasteiger partial charge >= 0.3 is 0 Å². The molecule has 1 fully saturated rings. The molecular weight excluding hydrogens is 442 g/mol. The van der Waals surface area contributed by atoms with Crippen molar-refractivity contribution in [2.75, 3.05) is 36.9 Å². The van der Waals surface area contributed by atoms with Gasteiger partial charge in [0.1, 0.15) is 11.5 Å². The molecule has 176 valence electrons. The van der Waals surface area contributed by atoms with E-state index in [1.54, 1.807) is 23.1 Å². The molecule has 0 radical (unpaired) electrons. The largest absolute Gasteiger partial charge is 0.505 e. The van der Waals surface area contributed by atoms with Crippen LogP contribution >= 0.6 is 11.7 Å². The van der Waals surface area contributed by atoms with Crippen molar-refractivity contribution in [3.63, 3.8) is 0 Å². The lowest BCUT2D eigenvalue weighted by atomic mass is 9.85. The number of hydrogen-bond acceptors (Lipinski definition) is 9. The van der Waals surface area contributed by atoms with Crippen molar-refractivity contribution in [2.24, 2.45) is 5.41 Å². The third kappa shape index (κ3) is 5.12. The van der Waals surface area contributed by atoms with Gasteiger partial charge in [-0.3, -0.25) is 4.79 Å². The number of morpholine rings is 1. The number of aromatic hydroxyl groups is 1. The number of amides is 1. The molecule has 0 unspecified atom stereocenters. The highest BCUT2D eigenvalue weighted by atomic mass is 32.1. The molecule has 1 aliphatic rings. The Morgan fingerprint density at radius 2 is 1.88 bits per heavy atom. The summed E-state index contributed by atoms with van der Waals surface area (Å²) in [6.07, 6.45) is 0. The first-order valence-corrected chi connectivity index (χ1v) is 11.6. The molecule has 3 heterocycles. The molecule has 10 heteroatoms. The number of hydrogen-bond donors (Lipinski definition) is 3. The summed E-state index contributed by atoms with van der Waals surface area (Å²) in [6, 6.07) is 8.78. The van der Waals surface area contributed by atoms with E-state index in [-0.39, 0.29) is 28.7 Å². The topological polar surface area (TPSA) is 113 Å². The zero-order chi connectivity index (χ0) is 23.6. The predicted octanol–water partition coefficient (Wildman–Crippen LogP) is 4.56. The van der Waals surface area contributed by atoms with Crippen LogP contribution < -0.4 is 10.6 Å². The number of nitrogens with zero attached hydrogens (tertiary/aromatic N) is 3. The number of nitrogens with one attached hydrogen (secondary N) is 2. The van der Waals surface area contributed by atoms with E-state index < -0.39 is 0 Å². The summed E-state index contributed by atoms with van der Waals surface area (Å²) in [5.41, 5.74) is 0.446. The van der Waals surface area contributed by atoms with Crippen LogP contribution in [0.25, 0.3) is 0 Å². The number of ether oxygens (including phenoxy) is 1. The quantitative estimate of drug-likeness (QED) is 0.449. The lowest BCUT2D eigenvalue weighted by molar-refractivity contribution is 0.0301. The van der Waals surface area contributed by atoms with Crippen LogP contribution in [0, 0.1) is 12.3 Å². The van der Waals surface area contributed by atoms with E-state index in [2.05, 4.69) is 40.2 Å². The molecule has 0 aliphatic carbocycles. The van der Waals surface area contributed by atoms with E-state index >= 15 is 0 Å². The van der Waals surface area contributed by atoms with Crippen LogP contribution in [0.4, 0.5) is 17.3 Å². The number of aryl methyl sites for hydroxylation is 1. The number of rotatable bonds is 6. The first kappa shape index (κ1) is 23.1. The minimum absolute atomic E-state index is 0.123. The lowest BCUT2D eigenvalue weighted by Gasteiger charge is -2.30. The van der Waals surface area contributed by atoms with Crippen LogP contribution in [0.2, 0.25) is 0 Å². The van der Waals surface area contributed by atoms with E-state index in [1.807, 2.05) is 19.1 Å². The van der Waals surface area contributed by atoms with Gasteiger partial charge in [-0.1, -0.05) is 26.8 Å². The number of furan rings is 1. The number of aromatic nitrogens is 2. The second kappa shape index (κ2) is 9.40. The maximum Gasteiger partial charge on any atom is 0.257 e. The molecule has 1 aliphatic heterocycles. The minimum Gasteiger partial charge on any atom is -0.505 e. The molecule has 0 bridgehead atoms. The molecule has 1 saturated heterocycles. The first-order valence-electron chi connectivity index (χ1n) is 10.9. The molecule has 0 spiro atoms. The molecule has 2 aromatic heterocycles. The molecule has 33 heavy (non-hydrogen) atoms. The van der Waals surface area contributed by atoms with Crippen LogP contribution in [0.5, 0.6) is 5.75 Å². The van der Waals surface area contributed by atoms with Crippen molar-refractivity contribution in [1.29, 1.82) is 0 Å². The standard InChI is InChI=1S/C23H29N5O4S/c1-14-8-9-17(32-14)19(23(2,3)4)25-21-20(26-33-27-21)24-16-7-5-6-15(18(16)29)22(30)28-10-12-31-13-11-28/h5-9,19,29H,10-13H2,1-4H3,(H,24,26)(H,25,27)/t19-/m0/s1. The predicted molar refractivity (Wildman–Crippen MR) is 127 cm³/mol. The maximum absolute atomic E-state index is 12.9. The Morgan fingerprint density at radius 3 is 2.55 bits per heavy atom. The summed E-state index contributed by atoms with van der Waals surface area (Å²) in [6.45, 7) is 10.2. The Bertz CT molecular complexity index is 1110. The molecule has 4 rings (SSSR count). The Balaban J connectivity index is 1.57. The van der Waals surface area contributed by atoms with Gasteiger partial charge in [-0.05, 0) is 36.6 Å². The van der Waals surface area contributed by atoms with Crippen LogP contribution in [0.15, 0.2) is 34.7 Å². The van der Waals surface area contributed by atoms with Crippen LogP contribution in [-0.2, 0) is 4.74 Å². The Morgan fingerprint density at radius 1 is 1.15 bits per heavy atom. The Labute approximate surface area is 197 Å². The summed E-state index contributed by atoms with van der Waals surface area (Å²) in [5, 5.41) is 17.4. The van der Waals surface area contributed by atoms with Crippen molar-refractivity contribution < 1.29 is 19.1 Å². The van der Waals surface area contributed by atoms with Gasteiger partial charge in [0.25, 0.3) is 5.91 Å². The fourth-order valence-electron chi connectivity index (χ4n) is 3.71. The monoisotopic (exact) mass is 471 g/mol. The average molecular weight is 472 g/mol. The van der Waals surface area contributed by atoms with Crippen molar-refractivity contribution in [3.05, 3.63) is 47.4 Å². The third-order valence-corrected chi connectivity index (χ3v) is 6.03. The number of anilines is 3. The van der Waals surface area contributed by atoms with Crippen LogP contribution in [0.1, 0.15) is 48.7 Å². The van der Waals surface area contributed by atoms with Gasteiger partial charge in [0.2, 0.25) is 0 Å². The van der Waals surface area contributed by atoms with Crippen molar-refractivity contribution in [1.82, 2.24) is 13.6 Å². The third-order valence-electron chi connectivity index (χ3n) is 5.50. The Hall–Kier alpha value is -3.11. The van der Waals surface area contributed by atoms with E-state index in [0.717, 1.165) is 23.2 Å². The van der Waals surface area contributed by atoms with Gasteiger partial charge in [0.15, 0.2) is 17.4 Å². The van der Waals surface area contributed by atoms with Gasteiger partial charge in [0.05, 0.1) is 42.2 Å². The second-order valence-corrected chi connectivity index (χ2v) is 9.61. The summed E-state index contributed by atoms with van der Waals surface area (Å²) >= 11 is 1.05. The molecule has 1 aromatic carbocycles. The maximum atomic E-state index is 12.9. The molecule has 3 N–H and O–H groups in total. The smallest absolute Gasteiger partial charge is 0.257 e. The molecular formula is C23H29N5O4S. The van der Waals surface area contributed by atoms with Gasteiger partial charge in [0, 0.05) is 13.1 Å². The van der Waals surface area contributed by atoms with Gasteiger partial charge in [-0.15, -0.1) is 0 Å². The highest BCUT2D eigenvalue weighted by molar-refractivity contribution is 6.99. The fourth-order valence-corrected chi connectivity index (χ4v) is 4.18. The number of phenolic OH excluding ortho intramolecular Hbond substituents is 1. The molecule has 9 nitrogen and oxygen atoms in total. The van der Waals surface area contributed by atoms with Gasteiger partial charge < -0.3 is 29.8 Å². The Kier molecular flexibility index (Phi) is 6.57. The number of carbonyl (C=O) groups excluding carboxylic acids is 1. The SMILES string of the molecule is Cc1ccc([C@H](Nc2nsnc2Nc2cccc(C(=O)N3CCOCC3)c2O)C(C)(C)C)o1. The molecule has 3 aromatic rings. The van der Waals surface area contributed by atoms with Gasteiger partial charge in [-0.25, -0.2) is 0 Å². The molecule has 1 amide bonds. The number of para-hydroxylation sites is 1. The van der Waals surface area contributed by atoms with Crippen LogP contribution in [0.3, 0.4) is 0 Å².